The number of anilines is 1. The van der Waals surface area contributed by atoms with Gasteiger partial charge in [0.1, 0.15) is 12.6 Å². The highest BCUT2D eigenvalue weighted by Crippen LogP contribution is 2.30. The molecule has 1 fully saturated rings. The first-order chi connectivity index (χ1) is 13.6. The van der Waals surface area contributed by atoms with Crippen molar-refractivity contribution in [3.05, 3.63) is 58.5 Å². The Morgan fingerprint density at radius 1 is 1.21 bits per heavy atom. The molecule has 6 nitrogen and oxygen atoms in total. The molecule has 1 aliphatic rings. The topological polar surface area (TPSA) is 73.7 Å². The number of aliphatic hydroxyl groups excluding tert-OH is 1. The summed E-state index contributed by atoms with van der Waals surface area (Å²) in [6, 6.07) is 3.68. The van der Waals surface area contributed by atoms with Crippen LogP contribution in [0.4, 0.5) is 23.4 Å². The number of hydrogen-bond donors (Lipinski definition) is 1. The van der Waals surface area contributed by atoms with Crippen molar-refractivity contribution in [2.24, 2.45) is 0 Å². The summed E-state index contributed by atoms with van der Waals surface area (Å²) in [5.74, 6) is -2.71. The van der Waals surface area contributed by atoms with E-state index >= 15 is 0 Å². The summed E-state index contributed by atoms with van der Waals surface area (Å²) in [6.45, 7) is -1.49. The Labute approximate surface area is 167 Å². The fourth-order valence-electron chi connectivity index (χ4n) is 2.95. The quantitative estimate of drug-likeness (QED) is 0.755. The number of aliphatic hydroxyl groups is 1. The fourth-order valence-corrected chi connectivity index (χ4v) is 3.09. The number of halogens is 5. The Morgan fingerprint density at radius 3 is 2.41 bits per heavy atom. The van der Waals surface area contributed by atoms with E-state index in [1.54, 1.807) is 0 Å². The van der Waals surface area contributed by atoms with Gasteiger partial charge in [0.15, 0.2) is 11.6 Å². The first kappa shape index (κ1) is 21.0. The molecule has 2 aromatic rings. The van der Waals surface area contributed by atoms with Gasteiger partial charge in [0.05, 0.1) is 17.2 Å². The lowest BCUT2D eigenvalue weighted by Gasteiger charge is -2.39. The molecule has 1 aromatic heterocycles. The minimum atomic E-state index is -4.50. The maximum absolute atomic E-state index is 14.1. The Kier molecular flexibility index (Phi) is 5.76. The molecule has 1 N–H and O–H groups in total. The maximum atomic E-state index is 14.1. The van der Waals surface area contributed by atoms with Crippen LogP contribution in [0.3, 0.4) is 0 Å². The van der Waals surface area contributed by atoms with Crippen LogP contribution in [0.2, 0.25) is 5.02 Å². The van der Waals surface area contributed by atoms with Crippen molar-refractivity contribution in [1.29, 1.82) is 0 Å². The minimum Gasteiger partial charge on any atom is -0.394 e. The molecule has 0 saturated carbocycles. The molecule has 1 unspecified atom stereocenters. The van der Waals surface area contributed by atoms with E-state index in [0.29, 0.717) is 5.56 Å². The molecule has 1 aliphatic heterocycles. The van der Waals surface area contributed by atoms with Gasteiger partial charge in [-0.15, -0.1) is 0 Å². The van der Waals surface area contributed by atoms with Crippen molar-refractivity contribution in [3.63, 3.8) is 0 Å². The van der Waals surface area contributed by atoms with Gasteiger partial charge >= 0.3 is 6.18 Å². The van der Waals surface area contributed by atoms with Crippen LogP contribution in [0.1, 0.15) is 11.1 Å². The Balaban J connectivity index is 1.83. The standard InChI is InChI=1S/C18H14ClF4N3O3/c19-12-5-13(20)16(24-6-12)26-8-15(28)25(14(9-27)17(26)29)7-10-1-3-11(4-2-10)18(21,22)23/h1-6,14,27H,7-9H2. The number of benzene rings is 1. The van der Waals surface area contributed by atoms with Crippen LogP contribution < -0.4 is 4.90 Å². The van der Waals surface area contributed by atoms with Crippen molar-refractivity contribution in [2.45, 2.75) is 18.8 Å². The van der Waals surface area contributed by atoms with Crippen molar-refractivity contribution >= 4 is 29.2 Å². The molecule has 0 bridgehead atoms. The van der Waals surface area contributed by atoms with Crippen LogP contribution in [0.25, 0.3) is 0 Å². The largest absolute Gasteiger partial charge is 0.416 e. The highest BCUT2D eigenvalue weighted by molar-refractivity contribution is 6.30. The average molecular weight is 432 g/mol. The van der Waals surface area contributed by atoms with E-state index in [4.69, 9.17) is 11.6 Å². The van der Waals surface area contributed by atoms with E-state index in [-0.39, 0.29) is 11.6 Å². The average Bonchev–Trinajstić information content (AvgIpc) is 2.65. The zero-order valence-electron chi connectivity index (χ0n) is 14.7. The first-order valence-electron chi connectivity index (χ1n) is 8.30. The number of carbonyl (C=O) groups excluding carboxylic acids is 2. The first-order valence-corrected chi connectivity index (χ1v) is 8.68. The lowest BCUT2D eigenvalue weighted by atomic mass is 10.1. The number of hydrogen-bond acceptors (Lipinski definition) is 4. The van der Waals surface area contributed by atoms with E-state index in [1.807, 2.05) is 0 Å². The Bertz CT molecular complexity index is 937. The molecule has 0 aliphatic carbocycles. The number of amides is 2. The van der Waals surface area contributed by atoms with Crippen LogP contribution in [0, 0.1) is 5.82 Å². The zero-order valence-corrected chi connectivity index (χ0v) is 15.4. The van der Waals surface area contributed by atoms with E-state index in [9.17, 15) is 32.3 Å². The second-order valence-corrected chi connectivity index (χ2v) is 6.73. The van der Waals surface area contributed by atoms with Gasteiger partial charge in [-0.05, 0) is 23.8 Å². The molecule has 1 aromatic carbocycles. The molecule has 0 radical (unpaired) electrons. The fraction of sp³-hybridized carbons (Fsp3) is 0.278. The summed E-state index contributed by atoms with van der Waals surface area (Å²) in [6.07, 6.45) is -3.39. The van der Waals surface area contributed by atoms with E-state index in [0.717, 1.165) is 34.2 Å². The molecule has 1 atom stereocenters. The molecule has 11 heteroatoms. The molecule has 2 heterocycles. The molecule has 2 amide bonds. The smallest absolute Gasteiger partial charge is 0.394 e. The number of nitrogens with zero attached hydrogens (tertiary/aromatic N) is 3. The summed E-state index contributed by atoms with van der Waals surface area (Å²) in [4.78, 5) is 30.9. The molecule has 1 saturated heterocycles. The van der Waals surface area contributed by atoms with Crippen LogP contribution >= 0.6 is 11.6 Å². The SMILES string of the molecule is O=C1C(CO)N(Cc2ccc(C(F)(F)F)cc2)C(=O)CN1c1ncc(Cl)cc1F. The second-order valence-electron chi connectivity index (χ2n) is 6.30. The van der Waals surface area contributed by atoms with Gasteiger partial charge in [-0.25, -0.2) is 9.37 Å². The molecular weight excluding hydrogens is 418 g/mol. The number of aromatic nitrogens is 1. The van der Waals surface area contributed by atoms with Gasteiger partial charge in [-0.1, -0.05) is 23.7 Å². The van der Waals surface area contributed by atoms with Gasteiger partial charge < -0.3 is 10.0 Å². The second kappa shape index (κ2) is 7.96. The van der Waals surface area contributed by atoms with Gasteiger partial charge in [0.2, 0.25) is 5.91 Å². The predicted molar refractivity (Wildman–Crippen MR) is 94.4 cm³/mol. The molecule has 154 valence electrons. The van der Waals surface area contributed by atoms with Crippen LogP contribution in [-0.2, 0) is 22.3 Å². The highest BCUT2D eigenvalue weighted by Gasteiger charge is 2.41. The van der Waals surface area contributed by atoms with Crippen molar-refractivity contribution in [3.8, 4) is 0 Å². The minimum absolute atomic E-state index is 0.00433. The zero-order chi connectivity index (χ0) is 21.3. The third-order valence-electron chi connectivity index (χ3n) is 4.39. The Hall–Kier alpha value is -2.72. The summed E-state index contributed by atoms with van der Waals surface area (Å²) >= 11 is 5.64. The van der Waals surface area contributed by atoms with Gasteiger partial charge in [0.25, 0.3) is 5.91 Å². The monoisotopic (exact) mass is 431 g/mol. The number of rotatable bonds is 4. The van der Waals surface area contributed by atoms with Crippen molar-refractivity contribution < 1.29 is 32.3 Å². The summed E-state index contributed by atoms with van der Waals surface area (Å²) in [7, 11) is 0. The van der Waals surface area contributed by atoms with Crippen molar-refractivity contribution in [2.75, 3.05) is 18.1 Å². The van der Waals surface area contributed by atoms with E-state index in [1.165, 1.54) is 12.1 Å². The lowest BCUT2D eigenvalue weighted by Crippen LogP contribution is -2.61. The number of alkyl halides is 3. The van der Waals surface area contributed by atoms with Gasteiger partial charge in [0, 0.05) is 12.7 Å². The maximum Gasteiger partial charge on any atom is 0.416 e. The lowest BCUT2D eigenvalue weighted by molar-refractivity contribution is -0.145. The summed E-state index contributed by atoms with van der Waals surface area (Å²) in [5.41, 5.74) is -0.515. The highest BCUT2D eigenvalue weighted by atomic mass is 35.5. The van der Waals surface area contributed by atoms with E-state index < -0.39 is 54.4 Å². The molecule has 3 rings (SSSR count). The molecular formula is C18H14ClF4N3O3. The summed E-state index contributed by atoms with van der Waals surface area (Å²) < 4.78 is 52.2. The van der Waals surface area contributed by atoms with E-state index in [2.05, 4.69) is 4.98 Å². The van der Waals surface area contributed by atoms with Crippen LogP contribution in [0.5, 0.6) is 0 Å². The predicted octanol–water partition coefficient (Wildman–Crippen LogP) is 2.63. The van der Waals surface area contributed by atoms with Gasteiger partial charge in [-0.2, -0.15) is 13.2 Å². The van der Waals surface area contributed by atoms with Crippen LogP contribution in [0.15, 0.2) is 36.5 Å². The summed E-state index contributed by atoms with van der Waals surface area (Å²) in [5, 5.41) is 9.64. The van der Waals surface area contributed by atoms with Crippen molar-refractivity contribution in [1.82, 2.24) is 9.88 Å². The van der Waals surface area contributed by atoms with Gasteiger partial charge in [-0.3, -0.25) is 14.5 Å². The Morgan fingerprint density at radius 2 is 1.86 bits per heavy atom. The number of carbonyl (C=O) groups is 2. The molecule has 0 spiro atoms. The normalized spacial score (nSPS) is 17.8. The third kappa shape index (κ3) is 4.33. The third-order valence-corrected chi connectivity index (χ3v) is 4.60. The molecule has 29 heavy (non-hydrogen) atoms. The number of pyridine rings is 1. The van der Waals surface area contributed by atoms with Crippen LogP contribution in [-0.4, -0.2) is 46.0 Å². The number of piperazine rings is 1.